The van der Waals surface area contributed by atoms with Crippen LogP contribution >= 0.6 is 11.3 Å². The van der Waals surface area contributed by atoms with Crippen molar-refractivity contribution < 1.29 is 4.79 Å². The molecule has 0 spiro atoms. The van der Waals surface area contributed by atoms with Crippen molar-refractivity contribution in [2.24, 2.45) is 0 Å². The Morgan fingerprint density at radius 2 is 2.07 bits per heavy atom. The Bertz CT molecular complexity index is 493. The standard InChI is InChI=1S/C10H9N3OS/c1-6-9(15-10(11)13-6)8(14)7-2-4-12-5-3-7/h2-5H,1H3,(H2,11,13). The molecule has 4 nitrogen and oxygen atoms in total. The number of aryl methyl sites for hydroxylation is 1. The Morgan fingerprint density at radius 3 is 2.60 bits per heavy atom. The fourth-order valence-corrected chi connectivity index (χ4v) is 2.06. The lowest BCUT2D eigenvalue weighted by Gasteiger charge is -1.96. The number of nitrogen functional groups attached to an aromatic ring is 1. The minimum Gasteiger partial charge on any atom is -0.375 e. The van der Waals surface area contributed by atoms with E-state index in [0.717, 1.165) is 0 Å². The van der Waals surface area contributed by atoms with Gasteiger partial charge in [-0.15, -0.1) is 0 Å². The second-order valence-electron chi connectivity index (χ2n) is 3.03. The van der Waals surface area contributed by atoms with E-state index in [1.807, 2.05) is 0 Å². The highest BCUT2D eigenvalue weighted by molar-refractivity contribution is 7.17. The Morgan fingerprint density at radius 1 is 1.40 bits per heavy atom. The molecule has 0 atom stereocenters. The van der Waals surface area contributed by atoms with Crippen LogP contribution in [0.4, 0.5) is 5.13 Å². The molecular weight excluding hydrogens is 210 g/mol. The van der Waals surface area contributed by atoms with E-state index in [9.17, 15) is 4.79 Å². The average molecular weight is 219 g/mol. The molecule has 0 unspecified atom stereocenters. The first-order valence-electron chi connectivity index (χ1n) is 4.36. The third-order valence-corrected chi connectivity index (χ3v) is 2.95. The molecule has 2 heterocycles. The van der Waals surface area contributed by atoms with Gasteiger partial charge in [0.05, 0.1) is 10.6 Å². The first-order chi connectivity index (χ1) is 7.18. The van der Waals surface area contributed by atoms with Gasteiger partial charge in [-0.25, -0.2) is 4.98 Å². The summed E-state index contributed by atoms with van der Waals surface area (Å²) in [6.45, 7) is 1.78. The molecule has 2 aromatic rings. The monoisotopic (exact) mass is 219 g/mol. The summed E-state index contributed by atoms with van der Waals surface area (Å²) in [5.74, 6) is -0.0518. The summed E-state index contributed by atoms with van der Waals surface area (Å²) < 4.78 is 0. The van der Waals surface area contributed by atoms with Crippen LogP contribution in [0.2, 0.25) is 0 Å². The van der Waals surface area contributed by atoms with Crippen molar-refractivity contribution >= 4 is 22.3 Å². The van der Waals surface area contributed by atoms with Crippen molar-refractivity contribution in [2.75, 3.05) is 5.73 Å². The molecule has 0 bridgehead atoms. The van der Waals surface area contributed by atoms with Gasteiger partial charge in [0, 0.05) is 18.0 Å². The van der Waals surface area contributed by atoms with Crippen LogP contribution in [-0.4, -0.2) is 15.8 Å². The summed E-state index contributed by atoms with van der Waals surface area (Å²) in [7, 11) is 0. The largest absolute Gasteiger partial charge is 0.375 e. The zero-order chi connectivity index (χ0) is 10.8. The van der Waals surface area contributed by atoms with E-state index in [4.69, 9.17) is 5.73 Å². The number of anilines is 1. The average Bonchev–Trinajstić information content (AvgIpc) is 2.58. The van der Waals surface area contributed by atoms with E-state index in [-0.39, 0.29) is 5.78 Å². The Hall–Kier alpha value is -1.75. The van der Waals surface area contributed by atoms with Gasteiger partial charge < -0.3 is 5.73 Å². The van der Waals surface area contributed by atoms with E-state index in [2.05, 4.69) is 9.97 Å². The van der Waals surface area contributed by atoms with Crippen LogP contribution in [0.15, 0.2) is 24.5 Å². The van der Waals surface area contributed by atoms with Crippen molar-refractivity contribution in [3.05, 3.63) is 40.7 Å². The summed E-state index contributed by atoms with van der Waals surface area (Å²) >= 11 is 1.21. The number of ketones is 1. The lowest BCUT2D eigenvalue weighted by Crippen LogP contribution is -2.00. The molecule has 0 aliphatic rings. The molecule has 15 heavy (non-hydrogen) atoms. The number of thiazole rings is 1. The van der Waals surface area contributed by atoms with Gasteiger partial charge in [0.25, 0.3) is 0 Å². The van der Waals surface area contributed by atoms with Crippen molar-refractivity contribution in [1.82, 2.24) is 9.97 Å². The summed E-state index contributed by atoms with van der Waals surface area (Å²) in [6.07, 6.45) is 3.18. The summed E-state index contributed by atoms with van der Waals surface area (Å²) in [4.78, 5) is 20.4. The van der Waals surface area contributed by atoms with E-state index >= 15 is 0 Å². The quantitative estimate of drug-likeness (QED) is 0.780. The van der Waals surface area contributed by atoms with Crippen LogP contribution in [0.1, 0.15) is 20.9 Å². The number of rotatable bonds is 2. The van der Waals surface area contributed by atoms with Crippen molar-refractivity contribution in [2.45, 2.75) is 6.92 Å². The van der Waals surface area contributed by atoms with Crippen LogP contribution in [0.3, 0.4) is 0 Å². The van der Waals surface area contributed by atoms with Crippen LogP contribution in [0.5, 0.6) is 0 Å². The number of nitrogens with zero attached hydrogens (tertiary/aromatic N) is 2. The van der Waals surface area contributed by atoms with Crippen molar-refractivity contribution in [1.29, 1.82) is 0 Å². The minimum atomic E-state index is -0.0518. The van der Waals surface area contributed by atoms with Crippen molar-refractivity contribution in [3.8, 4) is 0 Å². The molecule has 0 radical (unpaired) electrons. The predicted octanol–water partition coefficient (Wildman–Crippen LogP) is 1.66. The first kappa shape index (κ1) is 9.79. The molecule has 0 saturated heterocycles. The topological polar surface area (TPSA) is 68.9 Å². The van der Waals surface area contributed by atoms with Gasteiger partial charge in [0.15, 0.2) is 5.13 Å². The maximum absolute atomic E-state index is 12.0. The number of hydrogen-bond donors (Lipinski definition) is 1. The molecule has 0 saturated carbocycles. The Kier molecular flexibility index (Phi) is 2.47. The summed E-state index contributed by atoms with van der Waals surface area (Å²) in [5, 5.41) is 0.421. The molecule has 2 aromatic heterocycles. The molecule has 0 fully saturated rings. The number of pyridine rings is 1. The molecule has 2 rings (SSSR count). The third-order valence-electron chi connectivity index (χ3n) is 1.96. The Labute approximate surface area is 90.8 Å². The SMILES string of the molecule is Cc1nc(N)sc1C(=O)c1ccncc1. The van der Waals surface area contributed by atoms with Crippen molar-refractivity contribution in [3.63, 3.8) is 0 Å². The van der Waals surface area contributed by atoms with Gasteiger partial charge in [-0.1, -0.05) is 11.3 Å². The van der Waals surface area contributed by atoms with Crippen LogP contribution < -0.4 is 5.73 Å². The molecular formula is C10H9N3OS. The Balaban J connectivity index is 2.41. The number of carbonyl (C=O) groups is 1. The fourth-order valence-electron chi connectivity index (χ4n) is 1.26. The van der Waals surface area contributed by atoms with Gasteiger partial charge >= 0.3 is 0 Å². The lowest BCUT2D eigenvalue weighted by atomic mass is 10.1. The first-order valence-corrected chi connectivity index (χ1v) is 5.18. The zero-order valence-corrected chi connectivity index (χ0v) is 8.91. The highest BCUT2D eigenvalue weighted by atomic mass is 32.1. The normalized spacial score (nSPS) is 10.2. The van der Waals surface area contributed by atoms with E-state index in [1.165, 1.54) is 11.3 Å². The van der Waals surface area contributed by atoms with E-state index in [1.54, 1.807) is 31.5 Å². The molecule has 2 N–H and O–H groups in total. The molecule has 0 amide bonds. The minimum absolute atomic E-state index is 0.0518. The highest BCUT2D eigenvalue weighted by Crippen LogP contribution is 2.22. The molecule has 0 aromatic carbocycles. The smallest absolute Gasteiger partial charge is 0.205 e. The van der Waals surface area contributed by atoms with Crippen LogP contribution in [0.25, 0.3) is 0 Å². The second-order valence-corrected chi connectivity index (χ2v) is 4.06. The predicted molar refractivity (Wildman–Crippen MR) is 58.9 cm³/mol. The maximum atomic E-state index is 12.0. The maximum Gasteiger partial charge on any atom is 0.205 e. The number of aromatic nitrogens is 2. The second kappa shape index (κ2) is 3.78. The fraction of sp³-hybridized carbons (Fsp3) is 0.100. The third kappa shape index (κ3) is 1.87. The summed E-state index contributed by atoms with van der Waals surface area (Å²) in [5.41, 5.74) is 6.83. The van der Waals surface area contributed by atoms with Gasteiger partial charge in [-0.2, -0.15) is 0 Å². The van der Waals surface area contributed by atoms with Gasteiger partial charge in [-0.05, 0) is 19.1 Å². The van der Waals surface area contributed by atoms with E-state index in [0.29, 0.717) is 21.3 Å². The molecule has 5 heteroatoms. The molecule has 0 aliphatic carbocycles. The lowest BCUT2D eigenvalue weighted by molar-refractivity contribution is 0.104. The molecule has 0 aliphatic heterocycles. The number of carbonyl (C=O) groups excluding carboxylic acids is 1. The van der Waals surface area contributed by atoms with E-state index < -0.39 is 0 Å². The van der Waals surface area contributed by atoms with Gasteiger partial charge in [0.1, 0.15) is 0 Å². The number of nitrogens with two attached hydrogens (primary N) is 1. The van der Waals surface area contributed by atoms with Crippen LogP contribution in [-0.2, 0) is 0 Å². The van der Waals surface area contributed by atoms with Crippen LogP contribution in [0, 0.1) is 6.92 Å². The number of hydrogen-bond acceptors (Lipinski definition) is 5. The van der Waals surface area contributed by atoms with Gasteiger partial charge in [-0.3, -0.25) is 9.78 Å². The molecule has 76 valence electrons. The zero-order valence-electron chi connectivity index (χ0n) is 8.10. The van der Waals surface area contributed by atoms with Gasteiger partial charge in [0.2, 0.25) is 5.78 Å². The highest BCUT2D eigenvalue weighted by Gasteiger charge is 2.15. The summed E-state index contributed by atoms with van der Waals surface area (Å²) in [6, 6.07) is 3.36.